The molecule has 1 aliphatic heterocycles. The quantitative estimate of drug-likeness (QED) is 0.599. The lowest BCUT2D eigenvalue weighted by Crippen LogP contribution is -2.40. The van der Waals surface area contributed by atoms with E-state index in [1.165, 1.54) is 5.56 Å². The molecule has 1 atom stereocenters. The Balaban J connectivity index is 1.52. The van der Waals surface area contributed by atoms with Crippen molar-refractivity contribution in [2.45, 2.75) is 39.2 Å². The number of unbranched alkanes of at least 4 members (excludes halogenated alkanes) is 1. The lowest BCUT2D eigenvalue weighted by atomic mass is 10.1. The van der Waals surface area contributed by atoms with Gasteiger partial charge >= 0.3 is 0 Å². The molecule has 1 aliphatic rings. The van der Waals surface area contributed by atoms with Crippen LogP contribution in [-0.4, -0.2) is 25.8 Å². The molecule has 0 aliphatic carbocycles. The Bertz CT molecular complexity index is 702. The number of hydrogen-bond donors (Lipinski definition) is 1. The van der Waals surface area contributed by atoms with Gasteiger partial charge in [0.25, 0.3) is 0 Å². The fraction of sp³-hybridized carbons (Fsp3) is 0.429. The number of anilines is 2. The van der Waals surface area contributed by atoms with Crippen molar-refractivity contribution in [3.8, 4) is 11.5 Å². The van der Waals surface area contributed by atoms with E-state index in [-0.39, 0.29) is 6.10 Å². The largest absolute Gasteiger partial charge is 0.493 e. The van der Waals surface area contributed by atoms with Crippen LogP contribution in [0.5, 0.6) is 11.5 Å². The highest BCUT2D eigenvalue weighted by Gasteiger charge is 2.24. The van der Waals surface area contributed by atoms with Crippen LogP contribution in [0.3, 0.4) is 0 Å². The summed E-state index contributed by atoms with van der Waals surface area (Å²) in [6, 6.07) is 14.1. The lowest BCUT2D eigenvalue weighted by Gasteiger charge is -2.36. The Morgan fingerprint density at radius 2 is 2.04 bits per heavy atom. The molecule has 2 N–H and O–H groups in total. The summed E-state index contributed by atoms with van der Waals surface area (Å²) in [5.41, 5.74) is 9.05. The Kier molecular flexibility index (Phi) is 5.69. The molecule has 134 valence electrons. The molecular weight excluding hydrogens is 312 g/mol. The molecule has 0 saturated heterocycles. The van der Waals surface area contributed by atoms with Crippen LogP contribution >= 0.6 is 0 Å². The predicted molar refractivity (Wildman–Crippen MR) is 104 cm³/mol. The molecule has 0 fully saturated rings. The third kappa shape index (κ3) is 4.38. The average molecular weight is 340 g/mol. The number of hydrogen-bond acceptors (Lipinski definition) is 4. The smallest absolute Gasteiger partial charge is 0.143 e. The van der Waals surface area contributed by atoms with Gasteiger partial charge in [-0.3, -0.25) is 0 Å². The van der Waals surface area contributed by atoms with Gasteiger partial charge in [0, 0.05) is 12.2 Å². The van der Waals surface area contributed by atoms with Crippen molar-refractivity contribution in [2.24, 2.45) is 0 Å². The van der Waals surface area contributed by atoms with E-state index in [0.717, 1.165) is 61.8 Å². The first-order valence-electron chi connectivity index (χ1n) is 9.17. The second-order valence-electron chi connectivity index (χ2n) is 6.64. The standard InChI is InChI=1S/C21H28N2O2/c1-3-18-15-23(19-14-17(22)10-11-21(19)25-18)12-6-7-13-24-20-9-5-4-8-16(20)2/h4-5,8-11,14,18H,3,6-7,12-13,15,22H2,1-2H3. The summed E-state index contributed by atoms with van der Waals surface area (Å²) in [7, 11) is 0. The van der Waals surface area contributed by atoms with Gasteiger partial charge in [0.15, 0.2) is 0 Å². The first-order chi connectivity index (χ1) is 12.2. The van der Waals surface area contributed by atoms with Gasteiger partial charge in [-0.2, -0.15) is 0 Å². The highest BCUT2D eigenvalue weighted by molar-refractivity contribution is 5.66. The van der Waals surface area contributed by atoms with E-state index in [1.807, 2.05) is 36.4 Å². The fourth-order valence-corrected chi connectivity index (χ4v) is 3.17. The van der Waals surface area contributed by atoms with Gasteiger partial charge in [0.1, 0.15) is 17.6 Å². The number of nitrogens with zero attached hydrogens (tertiary/aromatic N) is 1. The van der Waals surface area contributed by atoms with Crippen molar-refractivity contribution in [2.75, 3.05) is 30.3 Å². The molecule has 2 aromatic rings. The molecule has 4 nitrogen and oxygen atoms in total. The van der Waals surface area contributed by atoms with Crippen molar-refractivity contribution >= 4 is 11.4 Å². The van der Waals surface area contributed by atoms with Crippen molar-refractivity contribution in [3.63, 3.8) is 0 Å². The van der Waals surface area contributed by atoms with Crippen molar-refractivity contribution in [3.05, 3.63) is 48.0 Å². The summed E-state index contributed by atoms with van der Waals surface area (Å²) in [6.07, 6.45) is 3.37. The SMILES string of the molecule is CCC1CN(CCCCOc2ccccc2C)c2cc(N)ccc2O1. The molecule has 4 heteroatoms. The van der Waals surface area contributed by atoms with E-state index in [9.17, 15) is 0 Å². The predicted octanol–water partition coefficient (Wildman–Crippen LogP) is 4.41. The highest BCUT2D eigenvalue weighted by atomic mass is 16.5. The molecule has 0 saturated carbocycles. The summed E-state index contributed by atoms with van der Waals surface area (Å²) in [5.74, 6) is 1.93. The van der Waals surface area contributed by atoms with E-state index >= 15 is 0 Å². The van der Waals surface area contributed by atoms with Gasteiger partial charge in [-0.1, -0.05) is 25.1 Å². The van der Waals surface area contributed by atoms with E-state index in [1.54, 1.807) is 0 Å². The highest BCUT2D eigenvalue weighted by Crippen LogP contribution is 2.35. The Hall–Kier alpha value is -2.36. The fourth-order valence-electron chi connectivity index (χ4n) is 3.17. The number of para-hydroxylation sites is 1. The van der Waals surface area contributed by atoms with Crippen molar-refractivity contribution in [1.29, 1.82) is 0 Å². The molecule has 1 unspecified atom stereocenters. The van der Waals surface area contributed by atoms with Crippen LogP contribution < -0.4 is 20.1 Å². The molecule has 0 amide bonds. The maximum Gasteiger partial charge on any atom is 0.143 e. The zero-order chi connectivity index (χ0) is 17.6. The number of rotatable bonds is 7. The minimum Gasteiger partial charge on any atom is -0.493 e. The normalized spacial score (nSPS) is 16.2. The Morgan fingerprint density at radius 1 is 1.20 bits per heavy atom. The molecular formula is C21H28N2O2. The van der Waals surface area contributed by atoms with Crippen LogP contribution in [0.2, 0.25) is 0 Å². The molecule has 0 bridgehead atoms. The monoisotopic (exact) mass is 340 g/mol. The minimum absolute atomic E-state index is 0.249. The molecule has 0 spiro atoms. The zero-order valence-corrected chi connectivity index (χ0v) is 15.2. The topological polar surface area (TPSA) is 47.7 Å². The minimum atomic E-state index is 0.249. The number of fused-ring (bicyclic) bond motifs is 1. The first-order valence-corrected chi connectivity index (χ1v) is 9.17. The van der Waals surface area contributed by atoms with Crippen molar-refractivity contribution in [1.82, 2.24) is 0 Å². The number of ether oxygens (including phenoxy) is 2. The third-order valence-corrected chi connectivity index (χ3v) is 4.67. The second-order valence-corrected chi connectivity index (χ2v) is 6.64. The second kappa shape index (κ2) is 8.15. The molecule has 2 aromatic carbocycles. The lowest BCUT2D eigenvalue weighted by molar-refractivity contribution is 0.188. The van der Waals surface area contributed by atoms with Crippen LogP contribution in [0.25, 0.3) is 0 Å². The van der Waals surface area contributed by atoms with E-state index in [4.69, 9.17) is 15.2 Å². The van der Waals surface area contributed by atoms with Gasteiger partial charge in [-0.15, -0.1) is 0 Å². The molecule has 25 heavy (non-hydrogen) atoms. The molecule has 0 radical (unpaired) electrons. The maximum atomic E-state index is 6.04. The van der Waals surface area contributed by atoms with Gasteiger partial charge in [0.2, 0.25) is 0 Å². The summed E-state index contributed by atoms with van der Waals surface area (Å²) in [6.45, 7) is 6.91. The van der Waals surface area contributed by atoms with Crippen LogP contribution in [0.4, 0.5) is 11.4 Å². The van der Waals surface area contributed by atoms with E-state index < -0.39 is 0 Å². The van der Waals surface area contributed by atoms with Gasteiger partial charge in [-0.05, 0) is 56.0 Å². The van der Waals surface area contributed by atoms with Gasteiger partial charge in [0.05, 0.1) is 18.8 Å². The summed E-state index contributed by atoms with van der Waals surface area (Å²) >= 11 is 0. The van der Waals surface area contributed by atoms with Crippen LogP contribution in [0.1, 0.15) is 31.7 Å². The Morgan fingerprint density at radius 3 is 2.84 bits per heavy atom. The van der Waals surface area contributed by atoms with Gasteiger partial charge < -0.3 is 20.1 Å². The molecule has 0 aromatic heterocycles. The Labute approximate surface area is 150 Å². The van der Waals surface area contributed by atoms with Crippen LogP contribution in [0.15, 0.2) is 42.5 Å². The summed E-state index contributed by atoms with van der Waals surface area (Å²) < 4.78 is 11.9. The maximum absolute atomic E-state index is 6.04. The summed E-state index contributed by atoms with van der Waals surface area (Å²) in [4.78, 5) is 2.40. The number of benzene rings is 2. The van der Waals surface area contributed by atoms with Crippen molar-refractivity contribution < 1.29 is 9.47 Å². The number of aryl methyl sites for hydroxylation is 1. The third-order valence-electron chi connectivity index (χ3n) is 4.67. The van der Waals surface area contributed by atoms with Crippen LogP contribution in [0, 0.1) is 6.92 Å². The number of nitrogens with two attached hydrogens (primary N) is 1. The molecule has 3 rings (SSSR count). The zero-order valence-electron chi connectivity index (χ0n) is 15.2. The average Bonchev–Trinajstić information content (AvgIpc) is 2.62. The van der Waals surface area contributed by atoms with Gasteiger partial charge in [-0.25, -0.2) is 0 Å². The summed E-state index contributed by atoms with van der Waals surface area (Å²) in [5, 5.41) is 0. The van der Waals surface area contributed by atoms with Crippen LogP contribution in [-0.2, 0) is 0 Å². The van der Waals surface area contributed by atoms with E-state index in [2.05, 4.69) is 24.8 Å². The molecule has 1 heterocycles. The van der Waals surface area contributed by atoms with E-state index in [0.29, 0.717) is 0 Å². The number of nitrogen functional groups attached to an aromatic ring is 1. The first kappa shape index (κ1) is 17.5.